The minimum Gasteiger partial charge on any atom is -0.444 e. The lowest BCUT2D eigenvalue weighted by Gasteiger charge is -2.04. The average Bonchev–Trinajstić information content (AvgIpc) is 2.82. The molecule has 0 saturated heterocycles. The van der Waals surface area contributed by atoms with Crippen LogP contribution in [-0.4, -0.2) is 10.9 Å². The Hall–Kier alpha value is -1.81. The second-order valence-electron chi connectivity index (χ2n) is 3.88. The summed E-state index contributed by atoms with van der Waals surface area (Å²) in [4.78, 5) is 15.9. The largest absolute Gasteiger partial charge is 0.444 e. The molecule has 94 valence electrons. The van der Waals surface area contributed by atoms with Gasteiger partial charge in [0.25, 0.3) is 5.91 Å². The molecule has 2 rings (SSSR count). The fourth-order valence-corrected chi connectivity index (χ4v) is 1.70. The predicted molar refractivity (Wildman–Crippen MR) is 68.4 cm³/mol. The van der Waals surface area contributed by atoms with E-state index >= 15 is 0 Å². The molecule has 0 bridgehead atoms. The Morgan fingerprint density at radius 2 is 2.33 bits per heavy atom. The van der Waals surface area contributed by atoms with Crippen LogP contribution in [0.1, 0.15) is 27.6 Å². The minimum atomic E-state index is -0.169. The summed E-state index contributed by atoms with van der Waals surface area (Å²) in [5.41, 5.74) is 1.49. The van der Waals surface area contributed by atoms with Crippen molar-refractivity contribution in [3.8, 4) is 0 Å². The van der Waals surface area contributed by atoms with E-state index in [-0.39, 0.29) is 12.5 Å². The van der Waals surface area contributed by atoms with Crippen molar-refractivity contribution in [2.75, 3.05) is 0 Å². The van der Waals surface area contributed by atoms with Crippen molar-refractivity contribution in [3.63, 3.8) is 0 Å². The van der Waals surface area contributed by atoms with Crippen LogP contribution in [0.2, 0.25) is 0 Å². The van der Waals surface area contributed by atoms with E-state index in [0.29, 0.717) is 17.3 Å². The van der Waals surface area contributed by atoms with Gasteiger partial charge in [-0.3, -0.25) is 4.79 Å². The van der Waals surface area contributed by atoms with Gasteiger partial charge in [0.15, 0.2) is 0 Å². The number of aryl methyl sites for hydroxylation is 1. The third-order valence-electron chi connectivity index (χ3n) is 2.41. The van der Waals surface area contributed by atoms with Gasteiger partial charge in [-0.1, -0.05) is 12.1 Å². The molecule has 4 nitrogen and oxygen atoms in total. The Balaban J connectivity index is 1.99. The van der Waals surface area contributed by atoms with Crippen LogP contribution in [-0.2, 0) is 12.4 Å². The second-order valence-corrected chi connectivity index (χ2v) is 4.15. The third kappa shape index (κ3) is 3.11. The van der Waals surface area contributed by atoms with Crippen LogP contribution in [0.15, 0.2) is 34.9 Å². The van der Waals surface area contributed by atoms with Gasteiger partial charge in [-0.05, 0) is 24.6 Å². The molecule has 2 aromatic rings. The summed E-state index contributed by atoms with van der Waals surface area (Å²) in [5, 5.41) is 2.74. The van der Waals surface area contributed by atoms with E-state index in [0.717, 1.165) is 11.3 Å². The van der Waals surface area contributed by atoms with Gasteiger partial charge >= 0.3 is 0 Å². The molecule has 0 spiro atoms. The maximum Gasteiger partial charge on any atom is 0.251 e. The van der Waals surface area contributed by atoms with Crippen molar-refractivity contribution < 1.29 is 9.21 Å². The highest BCUT2D eigenvalue weighted by Gasteiger charge is 2.07. The molecular formula is C13H13ClN2O2. The monoisotopic (exact) mass is 264 g/mol. The molecule has 0 fully saturated rings. The first-order chi connectivity index (χ1) is 8.69. The number of nitrogens with one attached hydrogen (secondary N) is 1. The number of halogens is 1. The normalized spacial score (nSPS) is 10.3. The molecule has 0 saturated carbocycles. The zero-order valence-corrected chi connectivity index (χ0v) is 10.7. The smallest absolute Gasteiger partial charge is 0.251 e. The second kappa shape index (κ2) is 5.69. The first-order valence-corrected chi connectivity index (χ1v) is 6.07. The van der Waals surface area contributed by atoms with Crippen molar-refractivity contribution >= 4 is 17.5 Å². The first kappa shape index (κ1) is 12.6. The van der Waals surface area contributed by atoms with E-state index < -0.39 is 0 Å². The first-order valence-electron chi connectivity index (χ1n) is 5.53. The number of alkyl halides is 1. The Labute approximate surface area is 110 Å². The maximum atomic E-state index is 11.9. The number of aromatic nitrogens is 1. The summed E-state index contributed by atoms with van der Waals surface area (Å²) in [6.07, 6.45) is 1.62. The van der Waals surface area contributed by atoms with Gasteiger partial charge in [0.1, 0.15) is 5.76 Å². The fourth-order valence-electron chi connectivity index (χ4n) is 1.54. The van der Waals surface area contributed by atoms with Crippen LogP contribution in [0.4, 0.5) is 0 Å². The van der Waals surface area contributed by atoms with Gasteiger partial charge in [-0.2, -0.15) is 0 Å². The van der Waals surface area contributed by atoms with Crippen molar-refractivity contribution in [1.82, 2.24) is 10.3 Å². The lowest BCUT2D eigenvalue weighted by molar-refractivity contribution is 0.0947. The molecule has 0 aliphatic carbocycles. The molecule has 18 heavy (non-hydrogen) atoms. The van der Waals surface area contributed by atoms with Crippen LogP contribution in [0.3, 0.4) is 0 Å². The Bertz CT molecular complexity index is 551. The van der Waals surface area contributed by atoms with Crippen LogP contribution in [0, 0.1) is 6.92 Å². The Morgan fingerprint density at radius 1 is 1.50 bits per heavy atom. The zero-order valence-electron chi connectivity index (χ0n) is 9.94. The SMILES string of the molecule is Cc1cnc(CNC(=O)c2cccc(CCl)c2)o1. The van der Waals surface area contributed by atoms with Gasteiger partial charge in [0.05, 0.1) is 12.7 Å². The lowest BCUT2D eigenvalue weighted by Crippen LogP contribution is -2.22. The van der Waals surface area contributed by atoms with Crippen molar-refractivity contribution in [3.05, 3.63) is 53.2 Å². The summed E-state index contributed by atoms with van der Waals surface area (Å²) in [6, 6.07) is 7.19. The van der Waals surface area contributed by atoms with Crippen LogP contribution in [0.5, 0.6) is 0 Å². The summed E-state index contributed by atoms with van der Waals surface area (Å²) in [5.74, 6) is 1.44. The minimum absolute atomic E-state index is 0.169. The Kier molecular flexibility index (Phi) is 3.99. The summed E-state index contributed by atoms with van der Waals surface area (Å²) in [6.45, 7) is 2.08. The molecule has 1 heterocycles. The number of carbonyl (C=O) groups is 1. The summed E-state index contributed by atoms with van der Waals surface area (Å²) in [7, 11) is 0. The number of oxazole rings is 1. The van der Waals surface area contributed by atoms with Crippen LogP contribution >= 0.6 is 11.6 Å². The molecule has 1 aromatic carbocycles. The molecule has 0 atom stereocenters. The van der Waals surface area contributed by atoms with Crippen molar-refractivity contribution in [2.45, 2.75) is 19.3 Å². The molecular weight excluding hydrogens is 252 g/mol. The highest BCUT2D eigenvalue weighted by molar-refractivity contribution is 6.17. The summed E-state index contributed by atoms with van der Waals surface area (Å²) >= 11 is 5.72. The van der Waals surface area contributed by atoms with Crippen molar-refractivity contribution in [2.24, 2.45) is 0 Å². The number of hydrogen-bond acceptors (Lipinski definition) is 3. The summed E-state index contributed by atoms with van der Waals surface area (Å²) < 4.78 is 5.27. The molecule has 0 radical (unpaired) electrons. The third-order valence-corrected chi connectivity index (χ3v) is 2.72. The highest BCUT2D eigenvalue weighted by atomic mass is 35.5. The number of benzene rings is 1. The molecule has 0 aliphatic heterocycles. The quantitative estimate of drug-likeness (QED) is 0.864. The van der Waals surface area contributed by atoms with Gasteiger partial charge in [-0.15, -0.1) is 11.6 Å². The zero-order chi connectivity index (χ0) is 13.0. The van der Waals surface area contributed by atoms with E-state index in [4.69, 9.17) is 16.0 Å². The topological polar surface area (TPSA) is 55.1 Å². The Morgan fingerprint density at radius 3 is 3.00 bits per heavy atom. The maximum absolute atomic E-state index is 11.9. The van der Waals surface area contributed by atoms with Crippen LogP contribution < -0.4 is 5.32 Å². The van der Waals surface area contributed by atoms with Gasteiger partial charge in [-0.25, -0.2) is 4.98 Å². The lowest BCUT2D eigenvalue weighted by atomic mass is 10.1. The molecule has 0 unspecified atom stereocenters. The van der Waals surface area contributed by atoms with Crippen LogP contribution in [0.25, 0.3) is 0 Å². The molecule has 1 aromatic heterocycles. The van der Waals surface area contributed by atoms with E-state index in [9.17, 15) is 4.79 Å². The number of nitrogens with zero attached hydrogens (tertiary/aromatic N) is 1. The highest BCUT2D eigenvalue weighted by Crippen LogP contribution is 2.08. The number of carbonyl (C=O) groups excluding carboxylic acids is 1. The molecule has 5 heteroatoms. The van der Waals surface area contributed by atoms with E-state index in [1.165, 1.54) is 0 Å². The molecule has 1 N–H and O–H groups in total. The van der Waals surface area contributed by atoms with E-state index in [1.54, 1.807) is 18.3 Å². The van der Waals surface area contributed by atoms with Gasteiger partial charge in [0.2, 0.25) is 5.89 Å². The van der Waals surface area contributed by atoms with Gasteiger partial charge < -0.3 is 9.73 Å². The predicted octanol–water partition coefficient (Wildman–Crippen LogP) is 2.65. The van der Waals surface area contributed by atoms with E-state index in [1.807, 2.05) is 19.1 Å². The fraction of sp³-hybridized carbons (Fsp3) is 0.231. The number of hydrogen-bond donors (Lipinski definition) is 1. The number of amides is 1. The van der Waals surface area contributed by atoms with E-state index in [2.05, 4.69) is 10.3 Å². The van der Waals surface area contributed by atoms with Crippen molar-refractivity contribution in [1.29, 1.82) is 0 Å². The number of rotatable bonds is 4. The standard InChI is InChI=1S/C13H13ClN2O2/c1-9-7-15-12(18-9)8-16-13(17)11-4-2-3-10(5-11)6-14/h2-5,7H,6,8H2,1H3,(H,16,17). The average molecular weight is 265 g/mol. The molecule has 1 amide bonds. The molecule has 0 aliphatic rings. The van der Waals surface area contributed by atoms with Gasteiger partial charge in [0, 0.05) is 11.4 Å².